The van der Waals surface area contributed by atoms with Gasteiger partial charge in [-0.2, -0.15) is 0 Å². The van der Waals surface area contributed by atoms with E-state index in [9.17, 15) is 9.59 Å². The van der Waals surface area contributed by atoms with Crippen LogP contribution in [0, 0.1) is 0 Å². The first kappa shape index (κ1) is 26.8. The number of nitrogens with one attached hydrogen (secondary N) is 2. The molecule has 1 aliphatic heterocycles. The van der Waals surface area contributed by atoms with Crippen LogP contribution in [0.1, 0.15) is 29.3 Å². The Morgan fingerprint density at radius 2 is 1.72 bits per heavy atom. The maximum Gasteiger partial charge on any atom is 0.251 e. The molecule has 2 aromatic heterocycles. The van der Waals surface area contributed by atoms with E-state index in [1.807, 2.05) is 72.0 Å². The smallest absolute Gasteiger partial charge is 0.251 e. The predicted octanol–water partition coefficient (Wildman–Crippen LogP) is 6.20. The minimum absolute atomic E-state index is 0.153. The molecule has 0 bridgehead atoms. The van der Waals surface area contributed by atoms with Gasteiger partial charge in [-0.1, -0.05) is 61.2 Å². The number of ether oxygens (including phenoxy) is 2. The van der Waals surface area contributed by atoms with Crippen LogP contribution in [0.5, 0.6) is 11.5 Å². The third-order valence-electron chi connectivity index (χ3n) is 7.32. The summed E-state index contributed by atoms with van der Waals surface area (Å²) in [6.45, 7) is 2.56. The lowest BCUT2D eigenvalue weighted by molar-refractivity contribution is -0.115. The molecule has 1 unspecified atom stereocenters. The third-order valence-corrected chi connectivity index (χ3v) is 8.63. The van der Waals surface area contributed by atoms with Gasteiger partial charge >= 0.3 is 0 Å². The summed E-state index contributed by atoms with van der Waals surface area (Å²) >= 11 is 1.37. The number of hydrogen-bond acceptors (Lipinski definition) is 7. The Morgan fingerprint density at radius 3 is 2.58 bits per heavy atom. The summed E-state index contributed by atoms with van der Waals surface area (Å²) in [5.41, 5.74) is 5.21. The summed E-state index contributed by atoms with van der Waals surface area (Å²) in [7, 11) is 0. The fraction of sp³-hybridized carbons (Fsp3) is 0.152. The van der Waals surface area contributed by atoms with E-state index in [-0.39, 0.29) is 18.6 Å². The average molecular weight is 590 g/mol. The minimum Gasteiger partial charge on any atom is -0.454 e. The maximum absolute atomic E-state index is 13.5. The minimum atomic E-state index is -0.447. The number of para-hydroxylation sites is 2. The standard InChI is InChI=1S/C33H27N5O4S/c1-2-29(32(40)35-22-13-15-27-28(17-22)42-19-41-27)43-33-37-25-16-21(31(39)34-18-20-8-4-3-5-9-20)12-14-23(25)30-36-24-10-6-7-11-26(24)38(30)33/h3-17,29H,2,18-19H2,1H3,(H,34,39)(H,35,40). The Bertz CT molecular complexity index is 2010. The number of amides is 2. The van der Waals surface area contributed by atoms with Gasteiger partial charge in [-0.05, 0) is 54.4 Å². The van der Waals surface area contributed by atoms with Gasteiger partial charge in [-0.15, -0.1) is 0 Å². The van der Waals surface area contributed by atoms with E-state index < -0.39 is 5.25 Å². The highest BCUT2D eigenvalue weighted by Crippen LogP contribution is 2.36. The molecule has 1 aliphatic rings. The highest BCUT2D eigenvalue weighted by molar-refractivity contribution is 8.00. The average Bonchev–Trinajstić information content (AvgIpc) is 3.67. The summed E-state index contributed by atoms with van der Waals surface area (Å²) in [4.78, 5) is 36.5. The first-order valence-electron chi connectivity index (χ1n) is 14.0. The second kappa shape index (κ2) is 11.3. The number of imidazole rings is 1. The number of rotatable bonds is 8. The third kappa shape index (κ3) is 5.21. The zero-order valence-electron chi connectivity index (χ0n) is 23.2. The molecule has 0 spiro atoms. The van der Waals surface area contributed by atoms with E-state index in [0.717, 1.165) is 27.6 Å². The lowest BCUT2D eigenvalue weighted by Crippen LogP contribution is -2.25. The molecular weight excluding hydrogens is 562 g/mol. The highest BCUT2D eigenvalue weighted by atomic mass is 32.2. The number of carbonyl (C=O) groups excluding carboxylic acids is 2. The van der Waals surface area contributed by atoms with Crippen LogP contribution >= 0.6 is 11.8 Å². The van der Waals surface area contributed by atoms with Crippen LogP contribution in [0.25, 0.3) is 27.6 Å². The van der Waals surface area contributed by atoms with E-state index in [1.165, 1.54) is 11.8 Å². The molecule has 7 rings (SSSR count). The van der Waals surface area contributed by atoms with E-state index >= 15 is 0 Å². The summed E-state index contributed by atoms with van der Waals surface area (Å²) in [5, 5.41) is 6.98. The van der Waals surface area contributed by atoms with Crippen molar-refractivity contribution in [3.8, 4) is 11.5 Å². The van der Waals surface area contributed by atoms with Gasteiger partial charge in [-0.25, -0.2) is 9.97 Å². The molecule has 43 heavy (non-hydrogen) atoms. The molecule has 0 saturated carbocycles. The van der Waals surface area contributed by atoms with Gasteiger partial charge in [0.2, 0.25) is 12.7 Å². The fourth-order valence-corrected chi connectivity index (χ4v) is 6.14. The van der Waals surface area contributed by atoms with Crippen LogP contribution in [0.15, 0.2) is 96.2 Å². The zero-order chi connectivity index (χ0) is 29.3. The monoisotopic (exact) mass is 589 g/mol. The maximum atomic E-state index is 13.5. The molecule has 0 aliphatic carbocycles. The molecule has 3 heterocycles. The molecule has 1 atom stereocenters. The largest absolute Gasteiger partial charge is 0.454 e. The molecule has 6 aromatic rings. The van der Waals surface area contributed by atoms with Gasteiger partial charge in [0, 0.05) is 29.2 Å². The number of anilines is 1. The van der Waals surface area contributed by atoms with E-state index in [0.29, 0.717) is 46.4 Å². The summed E-state index contributed by atoms with van der Waals surface area (Å²) in [5.74, 6) is 0.914. The second-order valence-corrected chi connectivity index (χ2v) is 11.3. The van der Waals surface area contributed by atoms with Crippen LogP contribution in [0.3, 0.4) is 0 Å². The van der Waals surface area contributed by atoms with E-state index in [4.69, 9.17) is 19.4 Å². The van der Waals surface area contributed by atoms with Crippen LogP contribution in [-0.4, -0.2) is 38.2 Å². The number of thioether (sulfide) groups is 1. The SMILES string of the molecule is CCC(Sc1nc2cc(C(=O)NCc3ccccc3)ccc2c2nc3ccccc3n12)C(=O)Nc1ccc2c(c1)OCO2. The van der Waals surface area contributed by atoms with Crippen molar-refractivity contribution in [3.05, 3.63) is 102 Å². The predicted molar refractivity (Wildman–Crippen MR) is 167 cm³/mol. The molecule has 4 aromatic carbocycles. The number of nitrogens with zero attached hydrogens (tertiary/aromatic N) is 3. The molecule has 2 N–H and O–H groups in total. The van der Waals surface area contributed by atoms with Gasteiger partial charge in [0.1, 0.15) is 5.65 Å². The molecule has 9 nitrogen and oxygen atoms in total. The topological polar surface area (TPSA) is 107 Å². The molecule has 2 amide bonds. The van der Waals surface area contributed by atoms with E-state index in [2.05, 4.69) is 10.6 Å². The number of hydrogen-bond donors (Lipinski definition) is 2. The Hall–Kier alpha value is -5.09. The Kier molecular flexibility index (Phi) is 7.04. The molecule has 10 heteroatoms. The van der Waals surface area contributed by atoms with Gasteiger partial charge in [0.15, 0.2) is 16.7 Å². The van der Waals surface area contributed by atoms with Crippen molar-refractivity contribution in [2.45, 2.75) is 30.3 Å². The first-order chi connectivity index (χ1) is 21.1. The quantitative estimate of drug-likeness (QED) is 0.161. The summed E-state index contributed by atoms with van der Waals surface area (Å²) < 4.78 is 12.8. The van der Waals surface area contributed by atoms with Crippen LogP contribution in [0.4, 0.5) is 5.69 Å². The van der Waals surface area contributed by atoms with Crippen molar-refractivity contribution in [1.82, 2.24) is 19.7 Å². The van der Waals surface area contributed by atoms with Crippen molar-refractivity contribution in [1.29, 1.82) is 0 Å². The number of benzene rings is 4. The zero-order valence-corrected chi connectivity index (χ0v) is 24.1. The van der Waals surface area contributed by atoms with Crippen molar-refractivity contribution < 1.29 is 19.1 Å². The normalized spacial score (nSPS) is 13.0. The lowest BCUT2D eigenvalue weighted by Gasteiger charge is -2.16. The van der Waals surface area contributed by atoms with Crippen molar-refractivity contribution >= 4 is 56.8 Å². The summed E-state index contributed by atoms with van der Waals surface area (Å²) in [6.07, 6.45) is 0.566. The molecule has 0 radical (unpaired) electrons. The van der Waals surface area contributed by atoms with Gasteiger partial charge in [0.05, 0.1) is 21.8 Å². The highest BCUT2D eigenvalue weighted by Gasteiger charge is 2.24. The number of aromatic nitrogens is 3. The van der Waals surface area contributed by atoms with Crippen LogP contribution in [-0.2, 0) is 11.3 Å². The van der Waals surface area contributed by atoms with Gasteiger partial charge in [0.25, 0.3) is 5.91 Å². The van der Waals surface area contributed by atoms with Crippen LogP contribution in [0.2, 0.25) is 0 Å². The Morgan fingerprint density at radius 1 is 0.907 bits per heavy atom. The molecule has 214 valence electrons. The van der Waals surface area contributed by atoms with Crippen molar-refractivity contribution in [2.24, 2.45) is 0 Å². The lowest BCUT2D eigenvalue weighted by atomic mass is 10.1. The molecule has 0 saturated heterocycles. The fourth-order valence-electron chi connectivity index (χ4n) is 5.11. The summed E-state index contributed by atoms with van der Waals surface area (Å²) in [6, 6.07) is 28.4. The van der Waals surface area contributed by atoms with Gasteiger partial charge < -0.3 is 20.1 Å². The molecular formula is C33H27N5O4S. The van der Waals surface area contributed by atoms with Gasteiger partial charge in [-0.3, -0.25) is 14.0 Å². The van der Waals surface area contributed by atoms with Crippen molar-refractivity contribution in [2.75, 3.05) is 12.1 Å². The number of fused-ring (bicyclic) bond motifs is 6. The number of carbonyl (C=O) groups is 2. The molecule has 0 fully saturated rings. The van der Waals surface area contributed by atoms with Crippen molar-refractivity contribution in [3.63, 3.8) is 0 Å². The van der Waals surface area contributed by atoms with Crippen LogP contribution < -0.4 is 20.1 Å². The second-order valence-electron chi connectivity index (χ2n) is 10.1. The Balaban J connectivity index is 1.23. The first-order valence-corrected chi connectivity index (χ1v) is 14.9. The Labute approximate surface area is 251 Å². The van der Waals surface area contributed by atoms with E-state index in [1.54, 1.807) is 30.3 Å².